The summed E-state index contributed by atoms with van der Waals surface area (Å²) in [6.07, 6.45) is 0. The number of aliphatic imine (C=N–C) groups is 1. The molecule has 3 aromatic carbocycles. The number of aromatic carboxylic acids is 1. The van der Waals surface area contributed by atoms with E-state index in [1.807, 2.05) is 6.07 Å². The van der Waals surface area contributed by atoms with Gasteiger partial charge < -0.3 is 20.0 Å². The number of hydrogen-bond acceptors (Lipinski definition) is 8. The Bertz CT molecular complexity index is 1570. The molecule has 0 saturated carbocycles. The van der Waals surface area contributed by atoms with Gasteiger partial charge in [-0.05, 0) is 47.9 Å². The minimum atomic E-state index is -1.30. The molecular weight excluding hydrogens is 521 g/mol. The molecule has 1 N–H and O–H groups in total. The van der Waals surface area contributed by atoms with Gasteiger partial charge in [-0.25, -0.2) is 14.1 Å². The monoisotopic (exact) mass is 544 g/mol. The van der Waals surface area contributed by atoms with E-state index in [0.29, 0.717) is 39.6 Å². The maximum Gasteiger partial charge on any atom is 0.249 e. The second-order valence-corrected chi connectivity index (χ2v) is 9.77. The predicted molar refractivity (Wildman–Crippen MR) is 143 cm³/mol. The summed E-state index contributed by atoms with van der Waals surface area (Å²) in [6, 6.07) is 18.8. The van der Waals surface area contributed by atoms with Gasteiger partial charge in [0.15, 0.2) is 0 Å². The fourth-order valence-corrected chi connectivity index (χ4v) is 5.20. The Morgan fingerprint density at radius 2 is 1.87 bits per heavy atom. The number of thioether (sulfide) groups is 1. The molecule has 1 aliphatic rings. The number of methoxy groups -OCH3 is 1. The molecule has 0 aliphatic carbocycles. The summed E-state index contributed by atoms with van der Waals surface area (Å²) in [5, 5.41) is 19.3. The van der Waals surface area contributed by atoms with Gasteiger partial charge in [-0.2, -0.15) is 4.98 Å². The van der Waals surface area contributed by atoms with Crippen molar-refractivity contribution in [3.05, 3.63) is 95.3 Å². The first-order valence-corrected chi connectivity index (χ1v) is 13.0. The van der Waals surface area contributed by atoms with Gasteiger partial charge in [-0.1, -0.05) is 60.3 Å². The largest absolute Gasteiger partial charge is 0.545 e. The molecule has 0 spiro atoms. The average Bonchev–Trinajstić information content (AvgIpc) is 3.34. The van der Waals surface area contributed by atoms with Crippen molar-refractivity contribution in [3.63, 3.8) is 0 Å². The Balaban J connectivity index is 1.51. The third-order valence-electron chi connectivity index (χ3n) is 6.29. The lowest BCUT2D eigenvalue weighted by molar-refractivity contribution is -0.255. The van der Waals surface area contributed by atoms with Crippen LogP contribution in [0.1, 0.15) is 34.5 Å². The number of amides is 1. The second kappa shape index (κ2) is 11.1. The van der Waals surface area contributed by atoms with Crippen LogP contribution < -0.4 is 15.2 Å². The van der Waals surface area contributed by atoms with Crippen LogP contribution in [0.25, 0.3) is 0 Å². The zero-order valence-electron chi connectivity index (χ0n) is 21.0. The zero-order chi connectivity index (χ0) is 27.5. The molecule has 1 aliphatic heterocycles. The van der Waals surface area contributed by atoms with Crippen molar-refractivity contribution in [2.24, 2.45) is 10.9 Å². The molecule has 11 heteroatoms. The topological polar surface area (TPSA) is 122 Å². The summed E-state index contributed by atoms with van der Waals surface area (Å²) in [5.41, 5.74) is 2.44. The maximum absolute atomic E-state index is 13.7. The summed E-state index contributed by atoms with van der Waals surface area (Å²) >= 11 is 1.32. The first-order valence-electron chi connectivity index (χ1n) is 12.0. The van der Waals surface area contributed by atoms with Crippen LogP contribution in [0.3, 0.4) is 0 Å². The van der Waals surface area contributed by atoms with Crippen molar-refractivity contribution in [1.82, 2.24) is 14.8 Å². The van der Waals surface area contributed by atoms with Crippen molar-refractivity contribution in [2.75, 3.05) is 12.4 Å². The molecule has 0 radical (unpaired) electrons. The number of rotatable bonds is 8. The fraction of sp³-hybridized carbons (Fsp3) is 0.179. The van der Waals surface area contributed by atoms with Gasteiger partial charge in [0.05, 0.1) is 24.8 Å². The van der Waals surface area contributed by atoms with E-state index in [1.54, 1.807) is 54.1 Å². The first-order chi connectivity index (χ1) is 18.8. The fourth-order valence-electron chi connectivity index (χ4n) is 4.43. The predicted octanol–water partition coefficient (Wildman–Crippen LogP) is 4.03. The highest BCUT2D eigenvalue weighted by molar-refractivity contribution is 7.98. The molecule has 0 bridgehead atoms. The highest BCUT2D eigenvalue weighted by atomic mass is 32.2. The molecule has 39 heavy (non-hydrogen) atoms. The molecule has 198 valence electrons. The number of fused-ring (bicyclic) bond motifs is 1. The van der Waals surface area contributed by atoms with Crippen molar-refractivity contribution in [1.29, 1.82) is 0 Å². The zero-order valence-corrected chi connectivity index (χ0v) is 21.8. The molecule has 9 nitrogen and oxygen atoms in total. The summed E-state index contributed by atoms with van der Waals surface area (Å²) in [5.74, 6) is -1.51. The van der Waals surface area contributed by atoms with E-state index in [0.717, 1.165) is 5.56 Å². The number of aromatic nitrogens is 3. The third kappa shape index (κ3) is 5.53. The number of anilines is 1. The smallest absolute Gasteiger partial charge is 0.249 e. The van der Waals surface area contributed by atoms with Crippen molar-refractivity contribution in [2.45, 2.75) is 23.9 Å². The molecule has 1 aromatic heterocycles. The number of hydrogen-bond donors (Lipinski definition) is 1. The van der Waals surface area contributed by atoms with E-state index in [1.165, 1.54) is 43.1 Å². The van der Waals surface area contributed by atoms with Crippen LogP contribution >= 0.6 is 11.8 Å². The summed E-state index contributed by atoms with van der Waals surface area (Å²) in [6.45, 7) is 1.74. The van der Waals surface area contributed by atoms with Gasteiger partial charge in [-0.15, -0.1) is 5.10 Å². The number of para-hydroxylation sites is 2. The van der Waals surface area contributed by atoms with E-state index in [-0.39, 0.29) is 17.3 Å². The number of carbonyl (C=O) groups is 2. The molecule has 0 saturated heterocycles. The van der Waals surface area contributed by atoms with Gasteiger partial charge in [0.1, 0.15) is 17.5 Å². The van der Waals surface area contributed by atoms with E-state index in [2.05, 4.69) is 20.4 Å². The van der Waals surface area contributed by atoms with Crippen LogP contribution in [0.2, 0.25) is 0 Å². The van der Waals surface area contributed by atoms with Crippen LogP contribution in [-0.4, -0.2) is 39.5 Å². The van der Waals surface area contributed by atoms with Crippen molar-refractivity contribution < 1.29 is 23.8 Å². The molecule has 4 aromatic rings. The number of benzene rings is 3. The number of carboxylic acids is 1. The number of carbonyl (C=O) groups excluding carboxylic acids is 2. The van der Waals surface area contributed by atoms with Gasteiger partial charge in [0.25, 0.3) is 0 Å². The van der Waals surface area contributed by atoms with E-state index < -0.39 is 17.9 Å². The highest BCUT2D eigenvalue weighted by Crippen LogP contribution is 2.38. The molecule has 2 heterocycles. The molecule has 5 rings (SSSR count). The SMILES string of the molecule is COc1ccccc1NC(=O)C1C(C)=Nc2nc(SCc3cccc(F)c3)nn2C1c1ccc(C(=O)[O-])cc1. The quantitative estimate of drug-likeness (QED) is 0.333. The van der Waals surface area contributed by atoms with E-state index in [9.17, 15) is 19.1 Å². The lowest BCUT2D eigenvalue weighted by atomic mass is 9.87. The Hall–Kier alpha value is -4.51. The van der Waals surface area contributed by atoms with Crippen LogP contribution in [0.4, 0.5) is 16.0 Å². The number of carboxylic acid groups (broad SMARTS) is 1. The molecule has 2 atom stereocenters. The minimum absolute atomic E-state index is 0.0140. The molecule has 2 unspecified atom stereocenters. The van der Waals surface area contributed by atoms with Crippen LogP contribution in [-0.2, 0) is 10.5 Å². The minimum Gasteiger partial charge on any atom is -0.545 e. The van der Waals surface area contributed by atoms with E-state index in [4.69, 9.17) is 4.74 Å². The van der Waals surface area contributed by atoms with Crippen LogP contribution in [0.15, 0.2) is 82.9 Å². The van der Waals surface area contributed by atoms with Crippen molar-refractivity contribution >= 4 is 41.0 Å². The summed E-state index contributed by atoms with van der Waals surface area (Å²) in [7, 11) is 1.52. The van der Waals surface area contributed by atoms with Crippen molar-refractivity contribution in [3.8, 4) is 5.75 Å². The normalized spacial score (nSPS) is 16.2. The number of halogens is 1. The van der Waals surface area contributed by atoms with Crippen LogP contribution in [0, 0.1) is 11.7 Å². The Morgan fingerprint density at radius 3 is 2.59 bits per heavy atom. The summed E-state index contributed by atoms with van der Waals surface area (Å²) in [4.78, 5) is 34.2. The third-order valence-corrected chi connectivity index (χ3v) is 7.20. The lowest BCUT2D eigenvalue weighted by Gasteiger charge is -2.30. The Kier molecular flexibility index (Phi) is 7.42. The lowest BCUT2D eigenvalue weighted by Crippen LogP contribution is -2.39. The Morgan fingerprint density at radius 1 is 1.10 bits per heavy atom. The first kappa shape index (κ1) is 26.1. The number of nitrogens with one attached hydrogen (secondary N) is 1. The highest BCUT2D eigenvalue weighted by Gasteiger charge is 2.39. The standard InChI is InChI=1S/C28H24FN5O4S/c1-16-23(25(35)31-21-8-3-4-9-22(21)38-2)24(18-10-12-19(13-11-18)26(36)37)34-27(30-16)32-28(33-34)39-15-17-6-5-7-20(29)14-17/h3-14,23-24H,15H2,1-2H3,(H,31,35)(H,36,37)/p-1. The number of ether oxygens (including phenoxy) is 1. The van der Waals surface area contributed by atoms with Gasteiger partial charge >= 0.3 is 0 Å². The second-order valence-electron chi connectivity index (χ2n) is 8.83. The molecule has 0 fully saturated rings. The van der Waals surface area contributed by atoms with Gasteiger partial charge in [-0.3, -0.25) is 4.79 Å². The average molecular weight is 545 g/mol. The molecular formula is C28H23FN5O4S-. The van der Waals surface area contributed by atoms with E-state index >= 15 is 0 Å². The molecule has 1 amide bonds. The summed E-state index contributed by atoms with van der Waals surface area (Å²) < 4.78 is 20.6. The van der Waals surface area contributed by atoms with Crippen LogP contribution in [0.5, 0.6) is 5.75 Å². The van der Waals surface area contributed by atoms with Gasteiger partial charge in [0, 0.05) is 11.5 Å². The number of nitrogens with zero attached hydrogens (tertiary/aromatic N) is 4. The Labute approximate surface area is 227 Å². The maximum atomic E-state index is 13.7. The van der Waals surface area contributed by atoms with Gasteiger partial charge in [0.2, 0.25) is 17.0 Å².